The number of nitrogens with one attached hydrogen (secondary N) is 10. The molecule has 3 aromatic rings. The van der Waals surface area contributed by atoms with Gasteiger partial charge in [0.25, 0.3) is 11.8 Å². The fourth-order valence-corrected chi connectivity index (χ4v) is 22.6. The molecule has 6 heterocycles. The molecular weight excluding hydrogens is 1970 g/mol. The predicted octanol–water partition coefficient (Wildman–Crippen LogP) is 9.19. The number of aromatic nitrogens is 1. The first-order valence-corrected chi connectivity index (χ1v) is 54.8. The molecule has 11 N–H and O–H groups in total. The van der Waals surface area contributed by atoms with Crippen molar-refractivity contribution in [2.24, 2.45) is 39.9 Å². The molecule has 149 heavy (non-hydrogen) atoms. The lowest BCUT2D eigenvalue weighted by Crippen LogP contribution is -2.62. The van der Waals surface area contributed by atoms with Crippen LogP contribution in [0.15, 0.2) is 92.6 Å². The van der Waals surface area contributed by atoms with Gasteiger partial charge >= 0.3 is 48.2 Å². The molecule has 44 heteroatoms. The number of amides is 15. The summed E-state index contributed by atoms with van der Waals surface area (Å²) >= 11 is 0. The number of benzene rings is 2. The number of piperidine rings is 2. The Morgan fingerprint density at radius 3 is 1.22 bits per heavy atom. The molecule has 6 saturated carbocycles. The lowest BCUT2D eigenvalue weighted by Gasteiger charge is -2.35. The smallest absolute Gasteiger partial charge is 0.410 e. The third-order valence-electron chi connectivity index (χ3n) is 29.0. The first-order valence-electron chi connectivity index (χ1n) is 51.7. The Hall–Kier alpha value is -12.4. The number of carboxylic acid groups (broad SMARTS) is 1. The Morgan fingerprint density at radius 2 is 0.852 bits per heavy atom. The molecule has 5 saturated heterocycles. The molecule has 820 valence electrons. The number of rotatable bonds is 31. The number of pyridine rings is 1. The number of esters is 2. The molecule has 6 unspecified atom stereocenters. The molecule has 14 rings (SSSR count). The average Bonchev–Trinajstić information content (AvgIpc) is 1.58. The maximum atomic E-state index is 14.7. The zero-order valence-electron chi connectivity index (χ0n) is 88.7. The van der Waals surface area contributed by atoms with Gasteiger partial charge in [-0.05, 0) is 172 Å². The van der Waals surface area contributed by atoms with Crippen LogP contribution in [0.4, 0.5) is 24.0 Å². The number of carboxylic acids is 1. The standard InChI is InChI=1S/C46H59N7O9S.C31H49N5O9S.C28H44N4O8/c1-7-29-25-46(29,43(57)52-63(59,60)32-19-20-32)51-44(58)53-26-31(62-37-24-34(27-14-10-8-11-15-27)48-35-22-30(61-6)18-21-33(35)37)23-36(53)40(54)50-39(45(2,3)4)42(56)49-38(41(55)47-5)28-16-12-9-13-17-28;1-8-19-17-31(19,26(39)34-46(42,43)21-12-13-21)33-27(40)36-18-20(44-28(41)35-14-10-9-11-15-35)16-22(36)24(37)32-23(29(2,3)4)25(38)45-30(5,6)7;1-8-17-15-28(17,23(35)36)30-24(37)32-16-18(39-25(38)31-12-10-9-11-13-31)14-19(32)21(33)29-20(26(2,3)4)22(34)40-27(5,6)7/h7-8,10-11,14-15,18,21-22,24,28-29,31-32,36,38-39H,1,9,12-13,16-17,19-20,23,25-26H2,2-6H3,(H,47,55)(H,49,56)(H,50,54)(H,51,58)(H,52,57);8,19-23H,1,9-18H2,2-7H3,(H,32,37)(H,33,40)(H,34,39);8,17-20H,1,9-16H2,2-7H3,(H,29,33)(H,30,37)(H,35,36)/t29?,31-,36-,38-,39+,46?;19?,20-,22-,23+,31?;17?,18-,19-,20+,28?/m000/s1. The number of hydrogen-bond donors (Lipinski definition) is 11. The zero-order chi connectivity index (χ0) is 110. The van der Waals surface area contributed by atoms with Gasteiger partial charge in [-0.25, -0.2) is 60.2 Å². The number of carbonyl (C=O) groups is 15. The molecule has 6 aliphatic carbocycles. The number of sulfonamides is 2. The maximum absolute atomic E-state index is 14.7. The molecule has 0 radical (unpaired) electrons. The monoisotopic (exact) mass is 2120 g/mol. The molecule has 2 aromatic carbocycles. The van der Waals surface area contributed by atoms with E-state index in [4.69, 9.17) is 33.4 Å². The van der Waals surface area contributed by atoms with E-state index in [9.17, 15) is 93.9 Å². The van der Waals surface area contributed by atoms with Gasteiger partial charge in [0.2, 0.25) is 49.6 Å². The van der Waals surface area contributed by atoms with Crippen molar-refractivity contribution in [1.82, 2.24) is 81.5 Å². The fourth-order valence-electron chi connectivity index (χ4n) is 19.9. The van der Waals surface area contributed by atoms with Crippen LogP contribution in [0.3, 0.4) is 0 Å². The first kappa shape index (κ1) is 115. The number of fused-ring (bicyclic) bond motifs is 1. The Labute approximate surface area is 872 Å². The van der Waals surface area contributed by atoms with Crippen LogP contribution in [-0.2, 0) is 86.9 Å². The number of ether oxygens (including phenoxy) is 6. The summed E-state index contributed by atoms with van der Waals surface area (Å²) in [7, 11) is -4.75. The van der Waals surface area contributed by atoms with E-state index >= 15 is 0 Å². The summed E-state index contributed by atoms with van der Waals surface area (Å²) in [5.41, 5.74) is -6.57. The van der Waals surface area contributed by atoms with Crippen LogP contribution in [0.2, 0.25) is 0 Å². The number of hydrogen-bond acceptors (Lipinski definition) is 26. The second-order valence-electron chi connectivity index (χ2n) is 46.3. The molecular formula is C105H152N16O26S2. The molecule has 11 fully saturated rings. The van der Waals surface area contributed by atoms with Crippen molar-refractivity contribution in [2.75, 3.05) is 60.0 Å². The minimum atomic E-state index is -3.95. The lowest BCUT2D eigenvalue weighted by atomic mass is 9.82. The molecule has 5 aliphatic heterocycles. The van der Waals surface area contributed by atoms with Crippen molar-refractivity contribution in [3.05, 3.63) is 92.6 Å². The lowest BCUT2D eigenvalue weighted by molar-refractivity contribution is -0.162. The molecule has 0 bridgehead atoms. The van der Waals surface area contributed by atoms with Crippen LogP contribution in [0.25, 0.3) is 22.2 Å². The topological polar surface area (TPSA) is 549 Å². The van der Waals surface area contributed by atoms with Crippen molar-refractivity contribution >= 4 is 120 Å². The summed E-state index contributed by atoms with van der Waals surface area (Å²) in [5, 5.41) is 31.2. The van der Waals surface area contributed by atoms with E-state index in [1.54, 1.807) is 139 Å². The van der Waals surface area contributed by atoms with Gasteiger partial charge in [-0.3, -0.25) is 43.0 Å². The Morgan fingerprint density at radius 1 is 0.470 bits per heavy atom. The van der Waals surface area contributed by atoms with Crippen LogP contribution in [0.5, 0.6) is 11.5 Å². The molecule has 16 atom stereocenters. The van der Waals surface area contributed by atoms with Gasteiger partial charge in [0.05, 0.1) is 48.5 Å². The minimum Gasteiger partial charge on any atom is -0.497 e. The number of likely N-dealkylation sites (N-methyl/N-ethyl adjacent to an activating group) is 1. The van der Waals surface area contributed by atoms with Crippen molar-refractivity contribution in [3.63, 3.8) is 0 Å². The molecule has 0 spiro atoms. The highest BCUT2D eigenvalue weighted by molar-refractivity contribution is 7.91. The third-order valence-corrected chi connectivity index (χ3v) is 32.7. The van der Waals surface area contributed by atoms with E-state index < -0.39 is 237 Å². The predicted molar refractivity (Wildman–Crippen MR) is 550 cm³/mol. The zero-order valence-corrected chi connectivity index (χ0v) is 90.4. The van der Waals surface area contributed by atoms with Crippen molar-refractivity contribution in [1.29, 1.82) is 0 Å². The Bertz CT molecular complexity index is 5790. The van der Waals surface area contributed by atoms with Crippen molar-refractivity contribution in [2.45, 2.75) is 338 Å². The van der Waals surface area contributed by atoms with Crippen LogP contribution in [0, 0.1) is 39.9 Å². The summed E-state index contributed by atoms with van der Waals surface area (Å²) in [6, 6.07) is 6.82. The van der Waals surface area contributed by atoms with Gasteiger partial charge in [-0.15, -0.1) is 19.7 Å². The summed E-state index contributed by atoms with van der Waals surface area (Å²) in [6.07, 6.45) is 13.1. The molecule has 1 aromatic heterocycles. The highest BCUT2D eigenvalue weighted by Gasteiger charge is 2.65. The summed E-state index contributed by atoms with van der Waals surface area (Å²) in [5.74, 6) is -7.59. The number of likely N-dealkylation sites (tertiary alicyclic amines) is 5. The van der Waals surface area contributed by atoms with E-state index in [0.29, 0.717) is 80.0 Å². The van der Waals surface area contributed by atoms with Gasteiger partial charge < -0.3 is 101 Å². The number of carbonyl (C=O) groups excluding carboxylic acids is 14. The quantitative estimate of drug-likeness (QED) is 0.0162. The largest absolute Gasteiger partial charge is 0.497 e. The number of urea groups is 3. The summed E-state index contributed by atoms with van der Waals surface area (Å²) in [6.45, 7) is 39.4. The minimum absolute atomic E-state index is 0.00499. The van der Waals surface area contributed by atoms with E-state index in [2.05, 4.69) is 71.7 Å². The van der Waals surface area contributed by atoms with E-state index in [1.807, 2.05) is 36.4 Å². The highest BCUT2D eigenvalue weighted by Crippen LogP contribution is 2.49. The van der Waals surface area contributed by atoms with Gasteiger partial charge in [0.15, 0.2) is 0 Å². The first-order chi connectivity index (χ1) is 69.7. The second kappa shape index (κ2) is 46.2. The van der Waals surface area contributed by atoms with E-state index in [0.717, 1.165) is 76.2 Å². The average molecular weight is 2120 g/mol. The Balaban J connectivity index is 0.000000205. The normalized spacial score (nSPS) is 25.6. The van der Waals surface area contributed by atoms with Gasteiger partial charge in [0, 0.05) is 93.3 Å². The van der Waals surface area contributed by atoms with Gasteiger partial charge in [0.1, 0.15) is 99.9 Å². The molecule has 42 nitrogen and oxygen atoms in total. The van der Waals surface area contributed by atoms with E-state index in [1.165, 1.54) is 40.0 Å². The molecule has 11 aliphatic rings. The van der Waals surface area contributed by atoms with Crippen LogP contribution in [-0.4, -0.2) is 300 Å². The number of methoxy groups -OCH3 is 1. The SMILES string of the molecule is C=CC1CC1(NC(=O)N1C[C@@H](OC(=O)N2CCCCC2)C[C@H]1C(=O)N[C@H](C(=O)OC(C)(C)C)C(C)(C)C)C(=O)NS(=O)(=O)C1CC1.C=CC1CC1(NC(=O)N1C[C@@H](OC(=O)N2CCCCC2)C[C@H]1C(=O)N[C@H](C(=O)OC(C)(C)C)C(C)(C)C)C(=O)O.C=CC1CC1(NC(=O)N1C[C@@H](Oc2cc(-c3ccccc3)nc3cc(OC)ccc23)C[C@H]1C(=O)N[C@H](C(=O)N[C@H](C(=O)NC)C1CCCCC1)C(C)(C)C)C(=O)NS(=O)(=O)C1CC1. The summed E-state index contributed by atoms with van der Waals surface area (Å²) < 4.78 is 89.8. The van der Waals surface area contributed by atoms with Crippen molar-refractivity contribution in [3.8, 4) is 22.8 Å². The van der Waals surface area contributed by atoms with Crippen molar-refractivity contribution < 1.29 is 122 Å². The number of nitrogens with zero attached hydrogens (tertiary/aromatic N) is 6. The van der Waals surface area contributed by atoms with E-state index in [-0.39, 0.29) is 70.0 Å². The van der Waals surface area contributed by atoms with Gasteiger partial charge in [-0.1, -0.05) is 130 Å². The highest BCUT2D eigenvalue weighted by atomic mass is 32.2. The van der Waals surface area contributed by atoms with Crippen LogP contribution < -0.4 is 61.5 Å². The van der Waals surface area contributed by atoms with Gasteiger partial charge in [-0.2, -0.15) is 0 Å². The molecule has 15 amide bonds. The third kappa shape index (κ3) is 28.7. The fraction of sp³-hybridized carbons (Fsp3) is 0.657. The van der Waals surface area contributed by atoms with Crippen LogP contribution >= 0.6 is 0 Å². The maximum Gasteiger partial charge on any atom is 0.410 e. The van der Waals surface area contributed by atoms with Crippen LogP contribution in [0.1, 0.15) is 239 Å². The number of aliphatic carboxylic acids is 1. The second-order valence-corrected chi connectivity index (χ2v) is 50.2. The summed E-state index contributed by atoms with van der Waals surface area (Å²) in [4.78, 5) is 214. The Kier molecular flexibility index (Phi) is 35.8.